The quantitative estimate of drug-likeness (QED) is 0.490. The predicted molar refractivity (Wildman–Crippen MR) is 113 cm³/mol. The Kier molecular flexibility index (Phi) is 4.91. The van der Waals surface area contributed by atoms with Crippen molar-refractivity contribution in [2.75, 3.05) is 7.05 Å². The standard InChI is InChI=1S/C22H22N2O3S/c1-4-14-9-16-15(10-21(26)27-19(16)11-18(14)25)12-24(3)13(2)22-23-17-7-5-6-8-20(17)28-22/h5-11,13,25H,4,12H2,1-3H3/t13-/m1/s1. The van der Waals surface area contributed by atoms with Crippen molar-refractivity contribution in [1.82, 2.24) is 9.88 Å². The van der Waals surface area contributed by atoms with E-state index in [9.17, 15) is 9.90 Å². The van der Waals surface area contributed by atoms with Gasteiger partial charge in [-0.25, -0.2) is 9.78 Å². The number of aryl methyl sites for hydroxylation is 1. The summed E-state index contributed by atoms with van der Waals surface area (Å²) >= 11 is 1.69. The first-order valence-electron chi connectivity index (χ1n) is 9.30. The number of rotatable bonds is 5. The lowest BCUT2D eigenvalue weighted by atomic mass is 10.0. The summed E-state index contributed by atoms with van der Waals surface area (Å²) in [5, 5.41) is 12.0. The fourth-order valence-corrected chi connectivity index (χ4v) is 4.47. The monoisotopic (exact) mass is 394 g/mol. The van der Waals surface area contributed by atoms with Crippen LogP contribution < -0.4 is 5.63 Å². The zero-order valence-corrected chi connectivity index (χ0v) is 16.9. The van der Waals surface area contributed by atoms with E-state index in [0.717, 1.165) is 27.0 Å². The lowest BCUT2D eigenvalue weighted by Crippen LogP contribution is -2.22. The van der Waals surface area contributed by atoms with Crippen LogP contribution in [-0.4, -0.2) is 22.0 Å². The molecule has 4 rings (SSSR count). The van der Waals surface area contributed by atoms with Gasteiger partial charge in [0.2, 0.25) is 0 Å². The molecule has 0 fully saturated rings. The molecule has 6 heteroatoms. The first-order valence-corrected chi connectivity index (χ1v) is 10.1. The van der Waals surface area contributed by atoms with Crippen LogP contribution in [0.25, 0.3) is 21.2 Å². The van der Waals surface area contributed by atoms with E-state index in [4.69, 9.17) is 9.40 Å². The topological polar surface area (TPSA) is 66.6 Å². The maximum absolute atomic E-state index is 12.0. The molecule has 0 bridgehead atoms. The molecule has 144 valence electrons. The van der Waals surface area contributed by atoms with Gasteiger partial charge in [-0.05, 0) is 49.7 Å². The number of fused-ring (bicyclic) bond motifs is 2. The molecule has 2 heterocycles. The summed E-state index contributed by atoms with van der Waals surface area (Å²) in [6.45, 7) is 4.68. The van der Waals surface area contributed by atoms with Gasteiger partial charge >= 0.3 is 5.63 Å². The Balaban J connectivity index is 1.69. The van der Waals surface area contributed by atoms with Crippen molar-refractivity contribution in [3.05, 3.63) is 69.0 Å². The minimum atomic E-state index is -0.410. The SMILES string of the molecule is CCc1cc2c(CN(C)[C@H](C)c3nc4ccccc4s3)cc(=O)oc2cc1O. The molecule has 4 aromatic rings. The Labute approximate surface area is 166 Å². The second-order valence-electron chi connectivity index (χ2n) is 7.03. The molecule has 0 aliphatic heterocycles. The van der Waals surface area contributed by atoms with Gasteiger partial charge in [-0.15, -0.1) is 11.3 Å². The lowest BCUT2D eigenvalue weighted by molar-refractivity contribution is 0.253. The van der Waals surface area contributed by atoms with Crippen LogP contribution in [0, 0.1) is 0 Å². The Morgan fingerprint density at radius 2 is 2.00 bits per heavy atom. The molecule has 28 heavy (non-hydrogen) atoms. The molecule has 0 amide bonds. The summed E-state index contributed by atoms with van der Waals surface area (Å²) in [6, 6.07) is 13.2. The molecule has 0 aliphatic carbocycles. The van der Waals surface area contributed by atoms with E-state index in [1.54, 1.807) is 17.4 Å². The van der Waals surface area contributed by atoms with Crippen LogP contribution in [0.2, 0.25) is 0 Å². The van der Waals surface area contributed by atoms with Crippen molar-refractivity contribution in [1.29, 1.82) is 0 Å². The van der Waals surface area contributed by atoms with Crippen molar-refractivity contribution in [2.45, 2.75) is 32.9 Å². The molecule has 2 aromatic carbocycles. The number of hydrogen-bond donors (Lipinski definition) is 1. The fourth-order valence-electron chi connectivity index (χ4n) is 3.38. The molecule has 0 saturated heterocycles. The van der Waals surface area contributed by atoms with Gasteiger partial charge in [0, 0.05) is 24.1 Å². The molecule has 2 aromatic heterocycles. The third-order valence-electron chi connectivity index (χ3n) is 5.16. The number of thiazole rings is 1. The normalized spacial score (nSPS) is 12.9. The van der Waals surface area contributed by atoms with Crippen LogP contribution in [0.15, 0.2) is 51.7 Å². The highest BCUT2D eigenvalue weighted by atomic mass is 32.1. The van der Waals surface area contributed by atoms with E-state index in [0.29, 0.717) is 18.5 Å². The third kappa shape index (κ3) is 3.41. The van der Waals surface area contributed by atoms with E-state index < -0.39 is 5.63 Å². The second kappa shape index (κ2) is 7.37. The van der Waals surface area contributed by atoms with Gasteiger partial charge < -0.3 is 9.52 Å². The number of nitrogens with zero attached hydrogens (tertiary/aromatic N) is 2. The fraction of sp³-hybridized carbons (Fsp3) is 0.273. The van der Waals surface area contributed by atoms with Crippen LogP contribution in [0.1, 0.15) is 36.0 Å². The summed E-state index contributed by atoms with van der Waals surface area (Å²) in [4.78, 5) is 19.0. The number of phenolic OH excluding ortho intramolecular Hbond substituents is 1. The van der Waals surface area contributed by atoms with Crippen molar-refractivity contribution in [3.8, 4) is 5.75 Å². The highest BCUT2D eigenvalue weighted by Crippen LogP contribution is 2.31. The molecule has 0 radical (unpaired) electrons. The van der Waals surface area contributed by atoms with Crippen LogP contribution in [0.3, 0.4) is 0 Å². The van der Waals surface area contributed by atoms with Crippen LogP contribution in [0.4, 0.5) is 0 Å². The lowest BCUT2D eigenvalue weighted by Gasteiger charge is -2.23. The summed E-state index contributed by atoms with van der Waals surface area (Å²) in [7, 11) is 2.03. The van der Waals surface area contributed by atoms with Crippen molar-refractivity contribution in [2.24, 2.45) is 0 Å². The summed E-state index contributed by atoms with van der Waals surface area (Å²) in [6.07, 6.45) is 0.707. The average Bonchev–Trinajstić information content (AvgIpc) is 3.10. The second-order valence-corrected chi connectivity index (χ2v) is 8.09. The van der Waals surface area contributed by atoms with Crippen LogP contribution in [0.5, 0.6) is 5.75 Å². The largest absolute Gasteiger partial charge is 0.508 e. The van der Waals surface area contributed by atoms with Crippen molar-refractivity contribution < 1.29 is 9.52 Å². The number of aromatic nitrogens is 1. The van der Waals surface area contributed by atoms with Gasteiger partial charge in [0.25, 0.3) is 0 Å². The maximum Gasteiger partial charge on any atom is 0.336 e. The first kappa shape index (κ1) is 18.7. The van der Waals surface area contributed by atoms with E-state index in [2.05, 4.69) is 17.9 Å². The van der Waals surface area contributed by atoms with E-state index in [1.165, 1.54) is 10.8 Å². The summed E-state index contributed by atoms with van der Waals surface area (Å²) in [5.41, 5.74) is 2.74. The first-order chi connectivity index (χ1) is 13.5. The Bertz CT molecular complexity index is 1180. The number of para-hydroxylation sites is 1. The zero-order valence-electron chi connectivity index (χ0n) is 16.1. The van der Waals surface area contributed by atoms with Gasteiger partial charge in [0.05, 0.1) is 16.3 Å². The molecule has 0 unspecified atom stereocenters. The molecular weight excluding hydrogens is 372 g/mol. The highest BCUT2D eigenvalue weighted by Gasteiger charge is 2.18. The van der Waals surface area contributed by atoms with Crippen molar-refractivity contribution in [3.63, 3.8) is 0 Å². The summed E-state index contributed by atoms with van der Waals surface area (Å²) < 4.78 is 6.48. The van der Waals surface area contributed by atoms with Gasteiger partial charge in [-0.2, -0.15) is 0 Å². The molecule has 5 nitrogen and oxygen atoms in total. The number of phenols is 1. The van der Waals surface area contributed by atoms with Crippen LogP contribution in [-0.2, 0) is 13.0 Å². The smallest absolute Gasteiger partial charge is 0.336 e. The maximum atomic E-state index is 12.0. The van der Waals surface area contributed by atoms with E-state index in [-0.39, 0.29) is 11.8 Å². The Morgan fingerprint density at radius 3 is 2.75 bits per heavy atom. The molecule has 0 saturated carbocycles. The van der Waals surface area contributed by atoms with Gasteiger partial charge in [0.1, 0.15) is 16.3 Å². The van der Waals surface area contributed by atoms with Crippen LogP contribution >= 0.6 is 11.3 Å². The Morgan fingerprint density at radius 1 is 1.21 bits per heavy atom. The minimum absolute atomic E-state index is 0.0995. The zero-order chi connectivity index (χ0) is 19.8. The molecular formula is C22H22N2O3S. The van der Waals surface area contributed by atoms with Gasteiger partial charge in [-0.1, -0.05) is 19.1 Å². The highest BCUT2D eigenvalue weighted by molar-refractivity contribution is 7.18. The Hall–Kier alpha value is -2.70. The van der Waals surface area contributed by atoms with Gasteiger partial charge in [0.15, 0.2) is 0 Å². The number of hydrogen-bond acceptors (Lipinski definition) is 6. The molecule has 1 N–H and O–H groups in total. The number of benzene rings is 2. The minimum Gasteiger partial charge on any atom is -0.508 e. The molecule has 1 atom stereocenters. The average molecular weight is 394 g/mol. The summed E-state index contributed by atoms with van der Waals surface area (Å²) in [5.74, 6) is 0.159. The van der Waals surface area contributed by atoms with E-state index in [1.807, 2.05) is 38.2 Å². The number of aromatic hydroxyl groups is 1. The van der Waals surface area contributed by atoms with E-state index >= 15 is 0 Å². The predicted octanol–water partition coefficient (Wildman–Crippen LogP) is 4.86. The molecule has 0 aliphatic rings. The molecule has 0 spiro atoms. The van der Waals surface area contributed by atoms with Crippen molar-refractivity contribution >= 4 is 32.5 Å². The van der Waals surface area contributed by atoms with Gasteiger partial charge in [-0.3, -0.25) is 4.90 Å². The third-order valence-corrected chi connectivity index (χ3v) is 6.37.